The molecule has 2 N–H and O–H groups in total. The van der Waals surface area contributed by atoms with E-state index in [2.05, 4.69) is 4.98 Å². The number of nitrogens with zero attached hydrogens (tertiary/aromatic N) is 1. The summed E-state index contributed by atoms with van der Waals surface area (Å²) in [5, 5.41) is 1.19. The maximum Gasteiger partial charge on any atom is 0.142 e. The van der Waals surface area contributed by atoms with Gasteiger partial charge in [-0.2, -0.15) is 0 Å². The van der Waals surface area contributed by atoms with Crippen LogP contribution in [0.5, 0.6) is 0 Å². The van der Waals surface area contributed by atoms with Crippen LogP contribution in [0.4, 0.5) is 4.39 Å². The number of fused-ring (bicyclic) bond motifs is 1. The predicted octanol–water partition coefficient (Wildman–Crippen LogP) is 4.27. The van der Waals surface area contributed by atoms with Gasteiger partial charge in [0.15, 0.2) is 0 Å². The Morgan fingerprint density at radius 3 is 2.76 bits per heavy atom. The zero-order chi connectivity index (χ0) is 14.8. The Morgan fingerprint density at radius 1 is 1.14 bits per heavy atom. The smallest absolute Gasteiger partial charge is 0.142 e. The molecule has 3 aromatic rings. The number of aromatic nitrogens is 1. The molecule has 4 heteroatoms. The highest BCUT2D eigenvalue weighted by Gasteiger charge is 2.11. The van der Waals surface area contributed by atoms with Crippen LogP contribution in [0.2, 0.25) is 5.02 Å². The van der Waals surface area contributed by atoms with Crippen molar-refractivity contribution in [2.75, 3.05) is 0 Å². The van der Waals surface area contributed by atoms with Crippen molar-refractivity contribution >= 4 is 22.5 Å². The van der Waals surface area contributed by atoms with Gasteiger partial charge in [0.25, 0.3) is 0 Å². The Bertz CT molecular complexity index is 783. The lowest BCUT2D eigenvalue weighted by Gasteiger charge is -2.14. The van der Waals surface area contributed by atoms with Gasteiger partial charge in [0.1, 0.15) is 5.82 Å². The summed E-state index contributed by atoms with van der Waals surface area (Å²) in [5.74, 6) is -0.441. The first-order chi connectivity index (χ1) is 10.1. The summed E-state index contributed by atoms with van der Waals surface area (Å²) in [6, 6.07) is 14.3. The summed E-state index contributed by atoms with van der Waals surface area (Å²) < 4.78 is 13.5. The molecule has 0 spiro atoms. The SMILES string of the molecule is NC(Cc1ccnc2ccccc12)c1ccc(Cl)c(F)c1. The lowest BCUT2D eigenvalue weighted by atomic mass is 9.97. The molecule has 0 amide bonds. The maximum absolute atomic E-state index is 13.5. The molecule has 0 aliphatic rings. The first kappa shape index (κ1) is 14.0. The van der Waals surface area contributed by atoms with E-state index in [1.807, 2.05) is 30.3 Å². The number of hydrogen-bond donors (Lipinski definition) is 1. The molecule has 1 aromatic heterocycles. The van der Waals surface area contributed by atoms with E-state index >= 15 is 0 Å². The van der Waals surface area contributed by atoms with Gasteiger partial charge in [0.2, 0.25) is 0 Å². The van der Waals surface area contributed by atoms with Crippen molar-refractivity contribution in [3.63, 3.8) is 0 Å². The first-order valence-electron chi connectivity index (χ1n) is 6.68. The van der Waals surface area contributed by atoms with Crippen molar-refractivity contribution in [2.45, 2.75) is 12.5 Å². The highest BCUT2D eigenvalue weighted by Crippen LogP contribution is 2.24. The molecule has 1 heterocycles. The molecule has 0 aliphatic carbocycles. The van der Waals surface area contributed by atoms with E-state index in [1.54, 1.807) is 12.3 Å². The van der Waals surface area contributed by atoms with Crippen molar-refractivity contribution in [1.29, 1.82) is 0 Å². The van der Waals surface area contributed by atoms with Crippen LogP contribution in [0.15, 0.2) is 54.7 Å². The van der Waals surface area contributed by atoms with Crippen LogP contribution in [0.1, 0.15) is 17.2 Å². The molecule has 106 valence electrons. The Labute approximate surface area is 127 Å². The Morgan fingerprint density at radius 2 is 1.95 bits per heavy atom. The van der Waals surface area contributed by atoms with Crippen LogP contribution in [0.3, 0.4) is 0 Å². The van der Waals surface area contributed by atoms with E-state index in [-0.39, 0.29) is 11.1 Å². The van der Waals surface area contributed by atoms with Crippen LogP contribution in [-0.2, 0) is 6.42 Å². The molecule has 0 bridgehead atoms. The van der Waals surface area contributed by atoms with Crippen LogP contribution >= 0.6 is 11.6 Å². The van der Waals surface area contributed by atoms with Crippen LogP contribution in [0.25, 0.3) is 10.9 Å². The maximum atomic E-state index is 13.5. The topological polar surface area (TPSA) is 38.9 Å². The fourth-order valence-corrected chi connectivity index (χ4v) is 2.55. The molecule has 0 aliphatic heterocycles. The van der Waals surface area contributed by atoms with Gasteiger partial charge in [0, 0.05) is 17.6 Å². The Hall–Kier alpha value is -1.97. The first-order valence-corrected chi connectivity index (χ1v) is 7.06. The van der Waals surface area contributed by atoms with E-state index in [0.717, 1.165) is 22.0 Å². The van der Waals surface area contributed by atoms with Gasteiger partial charge in [-0.1, -0.05) is 35.9 Å². The number of nitrogens with two attached hydrogens (primary N) is 1. The number of benzene rings is 2. The molecular weight excluding hydrogens is 287 g/mol. The summed E-state index contributed by atoms with van der Waals surface area (Å²) >= 11 is 5.70. The van der Waals surface area contributed by atoms with Crippen molar-refractivity contribution in [1.82, 2.24) is 4.98 Å². The molecular formula is C17H14ClFN2. The molecule has 0 saturated carbocycles. The lowest BCUT2D eigenvalue weighted by Crippen LogP contribution is -2.14. The van der Waals surface area contributed by atoms with Gasteiger partial charge >= 0.3 is 0 Å². The van der Waals surface area contributed by atoms with Crippen molar-refractivity contribution in [3.8, 4) is 0 Å². The molecule has 1 unspecified atom stereocenters. The van der Waals surface area contributed by atoms with Crippen LogP contribution in [0, 0.1) is 5.82 Å². The molecule has 0 radical (unpaired) electrons. The van der Waals surface area contributed by atoms with E-state index < -0.39 is 5.82 Å². The second-order valence-electron chi connectivity index (χ2n) is 4.97. The van der Waals surface area contributed by atoms with E-state index in [9.17, 15) is 4.39 Å². The zero-order valence-electron chi connectivity index (χ0n) is 11.3. The third-order valence-electron chi connectivity index (χ3n) is 3.55. The summed E-state index contributed by atoms with van der Waals surface area (Å²) in [5.41, 5.74) is 8.98. The summed E-state index contributed by atoms with van der Waals surface area (Å²) in [6.07, 6.45) is 2.39. The fraction of sp³-hybridized carbons (Fsp3) is 0.118. The van der Waals surface area contributed by atoms with Crippen molar-refractivity contribution in [3.05, 3.63) is 76.7 Å². The van der Waals surface area contributed by atoms with Crippen molar-refractivity contribution < 1.29 is 4.39 Å². The van der Waals surface area contributed by atoms with Gasteiger partial charge < -0.3 is 5.73 Å². The molecule has 2 aromatic carbocycles. The van der Waals surface area contributed by atoms with E-state index in [4.69, 9.17) is 17.3 Å². The number of rotatable bonds is 3. The highest BCUT2D eigenvalue weighted by molar-refractivity contribution is 6.30. The zero-order valence-corrected chi connectivity index (χ0v) is 12.0. The minimum Gasteiger partial charge on any atom is -0.324 e. The van der Waals surface area contributed by atoms with Crippen molar-refractivity contribution in [2.24, 2.45) is 5.73 Å². The molecule has 0 fully saturated rings. The van der Waals surface area contributed by atoms with Gasteiger partial charge in [-0.3, -0.25) is 4.98 Å². The number of pyridine rings is 1. The molecule has 21 heavy (non-hydrogen) atoms. The Kier molecular flexibility index (Phi) is 3.86. The summed E-state index contributed by atoms with van der Waals surface area (Å²) in [4.78, 5) is 4.33. The molecule has 2 nitrogen and oxygen atoms in total. The lowest BCUT2D eigenvalue weighted by molar-refractivity contribution is 0.619. The number of halogens is 2. The third-order valence-corrected chi connectivity index (χ3v) is 3.86. The van der Waals surface area contributed by atoms with Gasteiger partial charge in [0.05, 0.1) is 10.5 Å². The summed E-state index contributed by atoms with van der Waals surface area (Å²) in [7, 11) is 0. The minimum atomic E-state index is -0.441. The number of para-hydroxylation sites is 1. The molecule has 1 atom stereocenters. The third kappa shape index (κ3) is 2.89. The normalized spacial score (nSPS) is 12.5. The predicted molar refractivity (Wildman–Crippen MR) is 83.8 cm³/mol. The second-order valence-corrected chi connectivity index (χ2v) is 5.38. The largest absolute Gasteiger partial charge is 0.324 e. The van der Waals surface area contributed by atoms with Gasteiger partial charge in [-0.05, 0) is 41.8 Å². The summed E-state index contributed by atoms with van der Waals surface area (Å²) in [6.45, 7) is 0. The average Bonchev–Trinajstić information content (AvgIpc) is 2.50. The standard InChI is InChI=1S/C17H14ClFN2/c18-14-6-5-12(9-15(14)19)16(20)10-11-7-8-21-17-4-2-1-3-13(11)17/h1-9,16H,10,20H2. The fourth-order valence-electron chi connectivity index (χ4n) is 2.43. The molecule has 3 rings (SSSR count). The van der Waals surface area contributed by atoms with Crippen LogP contribution in [-0.4, -0.2) is 4.98 Å². The van der Waals surface area contributed by atoms with Gasteiger partial charge in [-0.15, -0.1) is 0 Å². The molecule has 0 saturated heterocycles. The average molecular weight is 301 g/mol. The monoisotopic (exact) mass is 300 g/mol. The Balaban J connectivity index is 1.92. The minimum absolute atomic E-state index is 0.111. The second kappa shape index (κ2) is 5.80. The van der Waals surface area contributed by atoms with Crippen LogP contribution < -0.4 is 5.73 Å². The highest BCUT2D eigenvalue weighted by atomic mass is 35.5. The van der Waals surface area contributed by atoms with Gasteiger partial charge in [-0.25, -0.2) is 4.39 Å². The quantitative estimate of drug-likeness (QED) is 0.784. The van der Waals surface area contributed by atoms with E-state index in [0.29, 0.717) is 6.42 Å². The number of hydrogen-bond acceptors (Lipinski definition) is 2. The van der Waals surface area contributed by atoms with E-state index in [1.165, 1.54) is 12.1 Å².